The van der Waals surface area contributed by atoms with Crippen molar-refractivity contribution in [1.29, 1.82) is 0 Å². The highest BCUT2D eigenvalue weighted by Gasteiger charge is 2.47. The second kappa shape index (κ2) is 9.73. The largest absolute Gasteiger partial charge is 0.465 e. The summed E-state index contributed by atoms with van der Waals surface area (Å²) in [6, 6.07) is 7.86. The number of methoxy groups -OCH3 is 1. The van der Waals surface area contributed by atoms with E-state index in [0.717, 1.165) is 41.2 Å². The normalized spacial score (nSPS) is 17.9. The average Bonchev–Trinajstić information content (AvgIpc) is 2.61. The number of rotatable bonds is 8. The van der Waals surface area contributed by atoms with E-state index in [2.05, 4.69) is 29.5 Å². The number of hydrogen-bond donors (Lipinski definition) is 1. The van der Waals surface area contributed by atoms with Gasteiger partial charge in [0, 0.05) is 22.3 Å². The molecule has 0 spiro atoms. The van der Waals surface area contributed by atoms with Gasteiger partial charge < -0.3 is 14.6 Å². The lowest BCUT2D eigenvalue weighted by Crippen LogP contribution is -2.56. The van der Waals surface area contributed by atoms with Gasteiger partial charge >= 0.3 is 6.09 Å². The van der Waals surface area contributed by atoms with Crippen LogP contribution in [0, 0.1) is 3.57 Å². The molecule has 1 aromatic carbocycles. The Hall–Kier alpha value is -0.860. The Morgan fingerprint density at radius 3 is 2.56 bits per heavy atom. The minimum Gasteiger partial charge on any atom is -0.465 e. The fourth-order valence-corrected chi connectivity index (χ4v) is 4.63. The van der Waals surface area contributed by atoms with Crippen LogP contribution in [0.5, 0.6) is 0 Å². The molecule has 1 fully saturated rings. The van der Waals surface area contributed by atoms with E-state index in [1.54, 1.807) is 12.0 Å². The zero-order valence-corrected chi connectivity index (χ0v) is 17.2. The van der Waals surface area contributed by atoms with Crippen molar-refractivity contribution in [2.45, 2.75) is 63.6 Å². The van der Waals surface area contributed by atoms with Crippen molar-refractivity contribution < 1.29 is 19.4 Å². The van der Waals surface area contributed by atoms with E-state index < -0.39 is 11.8 Å². The van der Waals surface area contributed by atoms with Gasteiger partial charge in [-0.1, -0.05) is 50.8 Å². The van der Waals surface area contributed by atoms with Crippen LogP contribution in [0.15, 0.2) is 24.3 Å². The fourth-order valence-electron chi connectivity index (χ4n) is 3.82. The zero-order valence-electron chi connectivity index (χ0n) is 15.0. The van der Waals surface area contributed by atoms with E-state index in [-0.39, 0.29) is 12.8 Å². The van der Waals surface area contributed by atoms with Crippen molar-refractivity contribution in [3.8, 4) is 0 Å². The van der Waals surface area contributed by atoms with Crippen molar-refractivity contribution in [3.05, 3.63) is 33.4 Å². The molecule has 25 heavy (non-hydrogen) atoms. The first kappa shape index (κ1) is 20.5. The molecule has 1 aliphatic carbocycles. The third kappa shape index (κ3) is 4.65. The predicted octanol–water partition coefficient (Wildman–Crippen LogP) is 5.18. The van der Waals surface area contributed by atoms with E-state index in [1.165, 1.54) is 6.42 Å². The summed E-state index contributed by atoms with van der Waals surface area (Å²) in [6.07, 6.45) is 5.56. The average molecular weight is 461 g/mol. The van der Waals surface area contributed by atoms with Gasteiger partial charge in [-0.2, -0.15) is 0 Å². The number of ether oxygens (including phenoxy) is 2. The van der Waals surface area contributed by atoms with E-state index in [9.17, 15) is 9.90 Å². The summed E-state index contributed by atoms with van der Waals surface area (Å²) in [7, 11) is 1.57. The van der Waals surface area contributed by atoms with Gasteiger partial charge in [0.1, 0.15) is 6.79 Å². The first-order valence-electron chi connectivity index (χ1n) is 8.97. The molecular weight excluding hydrogens is 433 g/mol. The van der Waals surface area contributed by atoms with E-state index in [0.29, 0.717) is 6.42 Å². The van der Waals surface area contributed by atoms with Gasteiger partial charge in [0.25, 0.3) is 0 Å². The molecule has 140 valence electrons. The quantitative estimate of drug-likeness (QED) is 0.428. The van der Waals surface area contributed by atoms with Crippen LogP contribution in [0.4, 0.5) is 4.79 Å². The first-order valence-corrected chi connectivity index (χ1v) is 10.0. The maximum atomic E-state index is 12.4. The third-order valence-corrected chi connectivity index (χ3v) is 5.77. The molecule has 1 amide bonds. The fraction of sp³-hybridized carbons (Fsp3) is 0.632. The van der Waals surface area contributed by atoms with Crippen molar-refractivity contribution >= 4 is 28.7 Å². The number of carbonyl (C=O) groups is 1. The van der Waals surface area contributed by atoms with Crippen LogP contribution < -0.4 is 0 Å². The van der Waals surface area contributed by atoms with Crippen LogP contribution in [0.1, 0.15) is 57.4 Å². The number of amides is 1. The Kier molecular flexibility index (Phi) is 7.96. The van der Waals surface area contributed by atoms with Gasteiger partial charge in [0.2, 0.25) is 0 Å². The van der Waals surface area contributed by atoms with Crippen LogP contribution in [0.3, 0.4) is 0 Å². The summed E-state index contributed by atoms with van der Waals surface area (Å²) in [6.45, 7) is 2.11. The van der Waals surface area contributed by atoms with E-state index in [4.69, 9.17) is 9.47 Å². The molecule has 0 radical (unpaired) electrons. The highest BCUT2D eigenvalue weighted by Crippen LogP contribution is 2.41. The van der Waals surface area contributed by atoms with Crippen LogP contribution in [0.25, 0.3) is 0 Å². The van der Waals surface area contributed by atoms with Gasteiger partial charge in [0.05, 0.1) is 0 Å². The van der Waals surface area contributed by atoms with E-state index in [1.807, 2.05) is 24.3 Å². The van der Waals surface area contributed by atoms with Crippen LogP contribution >= 0.6 is 22.6 Å². The highest BCUT2D eigenvalue weighted by atomic mass is 127. The number of hydrogen-bond acceptors (Lipinski definition) is 3. The van der Waals surface area contributed by atoms with Crippen molar-refractivity contribution in [1.82, 2.24) is 4.90 Å². The lowest BCUT2D eigenvalue weighted by Gasteiger charge is -2.47. The Morgan fingerprint density at radius 1 is 1.32 bits per heavy atom. The summed E-state index contributed by atoms with van der Waals surface area (Å²) in [5.41, 5.74) is -0.112. The maximum Gasteiger partial charge on any atom is 0.410 e. The first-order chi connectivity index (χ1) is 12.1. The van der Waals surface area contributed by atoms with Crippen molar-refractivity contribution in [3.63, 3.8) is 0 Å². The second-order valence-electron chi connectivity index (χ2n) is 6.51. The minimum atomic E-state index is -1.02. The zero-order chi connectivity index (χ0) is 18.3. The van der Waals surface area contributed by atoms with Gasteiger partial charge in [-0.3, -0.25) is 4.90 Å². The van der Waals surface area contributed by atoms with E-state index >= 15 is 0 Å². The van der Waals surface area contributed by atoms with Gasteiger partial charge in [-0.25, -0.2) is 4.79 Å². The molecule has 1 saturated carbocycles. The molecule has 2 rings (SSSR count). The SMILES string of the molecule is CCCC(OCOC)(c1ccccc1I)N(C(=O)O)C1CCCCC1. The summed E-state index contributed by atoms with van der Waals surface area (Å²) >= 11 is 2.26. The number of benzene rings is 1. The molecule has 0 heterocycles. The summed E-state index contributed by atoms with van der Waals surface area (Å²) in [5.74, 6) is 0. The minimum absolute atomic E-state index is 0.0225. The Balaban J connectivity index is 2.56. The number of nitrogens with zero attached hydrogens (tertiary/aromatic N) is 1. The lowest BCUT2D eigenvalue weighted by molar-refractivity contribution is -0.216. The van der Waals surface area contributed by atoms with Gasteiger partial charge in [-0.15, -0.1) is 0 Å². The summed E-state index contributed by atoms with van der Waals surface area (Å²) < 4.78 is 12.4. The molecular formula is C19H28INO4. The summed E-state index contributed by atoms with van der Waals surface area (Å²) in [5, 5.41) is 10.1. The van der Waals surface area contributed by atoms with Crippen LogP contribution in [-0.4, -0.2) is 36.0 Å². The topological polar surface area (TPSA) is 59.0 Å². The number of carboxylic acid groups (broad SMARTS) is 1. The molecule has 0 aromatic heterocycles. The van der Waals surface area contributed by atoms with Crippen LogP contribution in [0.2, 0.25) is 0 Å². The third-order valence-electron chi connectivity index (χ3n) is 4.83. The molecule has 1 atom stereocenters. The molecule has 0 saturated heterocycles. The molecule has 0 aliphatic heterocycles. The Labute approximate surface area is 163 Å². The predicted molar refractivity (Wildman–Crippen MR) is 105 cm³/mol. The Bertz CT molecular complexity index is 562. The maximum absolute atomic E-state index is 12.4. The molecule has 1 aromatic rings. The molecule has 1 aliphatic rings. The molecule has 1 N–H and O–H groups in total. The lowest BCUT2D eigenvalue weighted by atomic mass is 9.88. The smallest absolute Gasteiger partial charge is 0.410 e. The molecule has 6 heteroatoms. The highest BCUT2D eigenvalue weighted by molar-refractivity contribution is 14.1. The van der Waals surface area contributed by atoms with Crippen LogP contribution in [-0.2, 0) is 15.2 Å². The second-order valence-corrected chi connectivity index (χ2v) is 7.67. The van der Waals surface area contributed by atoms with Crippen molar-refractivity contribution in [2.75, 3.05) is 13.9 Å². The molecule has 0 bridgehead atoms. The molecule has 5 nitrogen and oxygen atoms in total. The van der Waals surface area contributed by atoms with Gasteiger partial charge in [-0.05, 0) is 47.9 Å². The molecule has 1 unspecified atom stereocenters. The van der Waals surface area contributed by atoms with Gasteiger partial charge in [0.15, 0.2) is 5.72 Å². The monoisotopic (exact) mass is 461 g/mol. The van der Waals surface area contributed by atoms with Crippen molar-refractivity contribution in [2.24, 2.45) is 0 Å². The Morgan fingerprint density at radius 2 is 2.00 bits per heavy atom. The number of halogens is 1. The summed E-state index contributed by atoms with van der Waals surface area (Å²) in [4.78, 5) is 13.9. The standard InChI is InChI=1S/C19H28INO4/c1-3-13-19(25-14-24-2,16-11-7-8-12-17(16)20)21(18(22)23)15-9-5-4-6-10-15/h7-8,11-12,15H,3-6,9-10,13-14H2,1-2H3,(H,22,23).